The van der Waals surface area contributed by atoms with E-state index in [0.717, 1.165) is 40.9 Å². The van der Waals surface area contributed by atoms with Crippen molar-refractivity contribution in [2.75, 3.05) is 25.0 Å². The number of likely N-dealkylation sites (tertiary alicyclic amines) is 1. The summed E-state index contributed by atoms with van der Waals surface area (Å²) in [6.07, 6.45) is 3.64. The SMILES string of the molecule is Cc1ccc2nc(-c3ccc(NC(=O)CN4CCCCC4)cc3)cc(-c3ccccc3)c2c1. The number of hydrogen-bond acceptors (Lipinski definition) is 3. The molecule has 0 unspecified atom stereocenters. The largest absolute Gasteiger partial charge is 0.325 e. The first kappa shape index (κ1) is 21.4. The van der Waals surface area contributed by atoms with Crippen LogP contribution in [-0.2, 0) is 4.79 Å². The minimum atomic E-state index is 0.0511. The fourth-order valence-corrected chi connectivity index (χ4v) is 4.59. The molecule has 5 rings (SSSR count). The van der Waals surface area contributed by atoms with Crippen LogP contribution < -0.4 is 5.32 Å². The van der Waals surface area contributed by atoms with Crippen molar-refractivity contribution >= 4 is 22.5 Å². The van der Waals surface area contributed by atoms with Crippen LogP contribution in [0.3, 0.4) is 0 Å². The monoisotopic (exact) mass is 435 g/mol. The number of aryl methyl sites for hydroxylation is 1. The van der Waals surface area contributed by atoms with Crippen molar-refractivity contribution in [2.24, 2.45) is 0 Å². The molecular formula is C29H29N3O. The van der Waals surface area contributed by atoms with E-state index >= 15 is 0 Å². The highest BCUT2D eigenvalue weighted by atomic mass is 16.2. The molecule has 4 nitrogen and oxygen atoms in total. The average Bonchev–Trinajstić information content (AvgIpc) is 2.85. The number of benzene rings is 3. The second-order valence-electron chi connectivity index (χ2n) is 8.90. The molecule has 0 bridgehead atoms. The number of aromatic nitrogens is 1. The molecule has 1 aliphatic rings. The number of rotatable bonds is 5. The Hall–Kier alpha value is -3.50. The highest BCUT2D eigenvalue weighted by Crippen LogP contribution is 2.33. The molecule has 33 heavy (non-hydrogen) atoms. The molecule has 0 saturated carbocycles. The van der Waals surface area contributed by atoms with E-state index in [9.17, 15) is 4.79 Å². The maximum Gasteiger partial charge on any atom is 0.238 e. The molecule has 1 fully saturated rings. The van der Waals surface area contributed by atoms with Crippen LogP contribution in [0, 0.1) is 6.92 Å². The van der Waals surface area contributed by atoms with Gasteiger partial charge in [0.25, 0.3) is 0 Å². The van der Waals surface area contributed by atoms with Gasteiger partial charge in [-0.05, 0) is 74.3 Å². The van der Waals surface area contributed by atoms with Gasteiger partial charge in [-0.3, -0.25) is 9.69 Å². The molecule has 1 N–H and O–H groups in total. The highest BCUT2D eigenvalue weighted by Gasteiger charge is 2.14. The van der Waals surface area contributed by atoms with Crippen LogP contribution in [0.1, 0.15) is 24.8 Å². The van der Waals surface area contributed by atoms with Gasteiger partial charge in [0.1, 0.15) is 0 Å². The molecule has 0 atom stereocenters. The van der Waals surface area contributed by atoms with Crippen molar-refractivity contribution in [3.8, 4) is 22.4 Å². The van der Waals surface area contributed by atoms with Crippen LogP contribution in [0.15, 0.2) is 78.9 Å². The second kappa shape index (κ2) is 9.55. The zero-order chi connectivity index (χ0) is 22.6. The van der Waals surface area contributed by atoms with Gasteiger partial charge in [-0.15, -0.1) is 0 Å². The first-order valence-corrected chi connectivity index (χ1v) is 11.8. The van der Waals surface area contributed by atoms with Crippen molar-refractivity contribution in [1.29, 1.82) is 0 Å². The molecule has 2 heterocycles. The van der Waals surface area contributed by atoms with Crippen molar-refractivity contribution in [2.45, 2.75) is 26.2 Å². The lowest BCUT2D eigenvalue weighted by molar-refractivity contribution is -0.117. The number of fused-ring (bicyclic) bond motifs is 1. The number of pyridine rings is 1. The van der Waals surface area contributed by atoms with Crippen LogP contribution in [0.2, 0.25) is 0 Å². The molecule has 166 valence electrons. The van der Waals surface area contributed by atoms with Gasteiger partial charge in [0.2, 0.25) is 5.91 Å². The van der Waals surface area contributed by atoms with E-state index in [1.54, 1.807) is 0 Å². The van der Waals surface area contributed by atoms with Crippen LogP contribution in [0.4, 0.5) is 5.69 Å². The smallest absolute Gasteiger partial charge is 0.238 e. The molecule has 4 heteroatoms. The number of nitrogens with one attached hydrogen (secondary N) is 1. The summed E-state index contributed by atoms with van der Waals surface area (Å²) in [4.78, 5) is 19.6. The maximum absolute atomic E-state index is 12.4. The van der Waals surface area contributed by atoms with Crippen molar-refractivity contribution in [3.05, 3.63) is 84.4 Å². The second-order valence-corrected chi connectivity index (χ2v) is 8.90. The molecular weight excluding hydrogens is 406 g/mol. The Labute approximate surface area is 195 Å². The van der Waals surface area contributed by atoms with Crippen molar-refractivity contribution in [1.82, 2.24) is 9.88 Å². The normalized spacial score (nSPS) is 14.3. The minimum Gasteiger partial charge on any atom is -0.325 e. The molecule has 1 aliphatic heterocycles. The number of anilines is 1. The summed E-state index contributed by atoms with van der Waals surface area (Å²) >= 11 is 0. The summed E-state index contributed by atoms with van der Waals surface area (Å²) in [6, 6.07) is 27.0. The van der Waals surface area contributed by atoms with Gasteiger partial charge in [0, 0.05) is 16.6 Å². The summed E-state index contributed by atoms with van der Waals surface area (Å²) in [7, 11) is 0. The van der Waals surface area contributed by atoms with E-state index in [1.807, 2.05) is 30.3 Å². The molecule has 0 spiro atoms. The Morgan fingerprint density at radius 2 is 1.64 bits per heavy atom. The third-order valence-electron chi connectivity index (χ3n) is 6.33. The van der Waals surface area contributed by atoms with Gasteiger partial charge >= 0.3 is 0 Å². The lowest BCUT2D eigenvalue weighted by Gasteiger charge is -2.25. The molecule has 1 saturated heterocycles. The van der Waals surface area contributed by atoms with E-state index in [1.165, 1.54) is 36.0 Å². The van der Waals surface area contributed by atoms with Gasteiger partial charge in [-0.1, -0.05) is 60.5 Å². The minimum absolute atomic E-state index is 0.0511. The van der Waals surface area contributed by atoms with Gasteiger partial charge in [-0.2, -0.15) is 0 Å². The Balaban J connectivity index is 1.41. The molecule has 3 aromatic carbocycles. The molecule has 0 radical (unpaired) electrons. The van der Waals surface area contributed by atoms with Crippen molar-refractivity contribution in [3.63, 3.8) is 0 Å². The van der Waals surface area contributed by atoms with E-state index in [0.29, 0.717) is 6.54 Å². The predicted octanol–water partition coefficient (Wildman–Crippen LogP) is 6.30. The molecule has 4 aromatic rings. The van der Waals surface area contributed by atoms with Gasteiger partial charge in [-0.25, -0.2) is 4.98 Å². The van der Waals surface area contributed by atoms with Gasteiger partial charge < -0.3 is 5.32 Å². The first-order valence-electron chi connectivity index (χ1n) is 11.8. The Morgan fingerprint density at radius 3 is 2.39 bits per heavy atom. The van der Waals surface area contributed by atoms with Crippen LogP contribution in [0.5, 0.6) is 0 Å². The Bertz CT molecular complexity index is 1260. The number of piperidine rings is 1. The summed E-state index contributed by atoms with van der Waals surface area (Å²) in [6.45, 7) is 4.61. The standard InChI is InChI=1S/C29H29N3O/c1-21-10-15-27-26(18-21)25(22-8-4-2-5-9-22)19-28(31-27)23-11-13-24(14-12-23)30-29(33)20-32-16-6-3-7-17-32/h2,4-5,8-15,18-19H,3,6-7,16-17,20H2,1H3,(H,30,33). The summed E-state index contributed by atoms with van der Waals surface area (Å²) in [5.41, 5.74) is 7.34. The van der Waals surface area contributed by atoms with E-state index in [-0.39, 0.29) is 5.91 Å². The average molecular weight is 436 g/mol. The van der Waals surface area contributed by atoms with Crippen LogP contribution in [-0.4, -0.2) is 35.4 Å². The fraction of sp³-hybridized carbons (Fsp3) is 0.241. The lowest BCUT2D eigenvalue weighted by Crippen LogP contribution is -2.36. The molecule has 1 aromatic heterocycles. The molecule has 0 aliphatic carbocycles. The van der Waals surface area contributed by atoms with Crippen LogP contribution >= 0.6 is 0 Å². The van der Waals surface area contributed by atoms with E-state index < -0.39 is 0 Å². The number of hydrogen-bond donors (Lipinski definition) is 1. The number of carbonyl (C=O) groups is 1. The first-order chi connectivity index (χ1) is 16.2. The fourth-order valence-electron chi connectivity index (χ4n) is 4.59. The van der Waals surface area contributed by atoms with Crippen LogP contribution in [0.25, 0.3) is 33.3 Å². The van der Waals surface area contributed by atoms with E-state index in [2.05, 4.69) is 65.7 Å². The Kier molecular flexibility index (Phi) is 6.18. The highest BCUT2D eigenvalue weighted by molar-refractivity contribution is 5.97. The third kappa shape index (κ3) is 4.96. The number of amides is 1. The molecule has 1 amide bonds. The summed E-state index contributed by atoms with van der Waals surface area (Å²) in [5.74, 6) is 0.0511. The van der Waals surface area contributed by atoms with Crippen molar-refractivity contribution < 1.29 is 4.79 Å². The maximum atomic E-state index is 12.4. The lowest BCUT2D eigenvalue weighted by atomic mass is 9.97. The topological polar surface area (TPSA) is 45.2 Å². The van der Waals surface area contributed by atoms with Gasteiger partial charge in [0.15, 0.2) is 0 Å². The number of nitrogens with zero attached hydrogens (tertiary/aromatic N) is 2. The zero-order valence-electron chi connectivity index (χ0n) is 19.1. The predicted molar refractivity (Wildman–Crippen MR) is 136 cm³/mol. The zero-order valence-corrected chi connectivity index (χ0v) is 19.1. The van der Waals surface area contributed by atoms with Gasteiger partial charge in [0.05, 0.1) is 17.8 Å². The Morgan fingerprint density at radius 1 is 0.879 bits per heavy atom. The summed E-state index contributed by atoms with van der Waals surface area (Å²) < 4.78 is 0. The van der Waals surface area contributed by atoms with E-state index in [4.69, 9.17) is 4.98 Å². The quantitative estimate of drug-likeness (QED) is 0.400. The summed E-state index contributed by atoms with van der Waals surface area (Å²) in [5, 5.41) is 4.20. The number of carbonyl (C=O) groups excluding carboxylic acids is 1. The third-order valence-corrected chi connectivity index (χ3v) is 6.33.